The first-order chi connectivity index (χ1) is 4.52. The van der Waals surface area contributed by atoms with Crippen LogP contribution in [0.25, 0.3) is 0 Å². The minimum absolute atomic E-state index is 0.0376. The molecule has 0 radical (unpaired) electrons. The summed E-state index contributed by atoms with van der Waals surface area (Å²) in [4.78, 5) is 0. The van der Waals surface area contributed by atoms with Crippen molar-refractivity contribution in [3.8, 4) is 0 Å². The minimum atomic E-state index is 0.0376. The molecule has 0 saturated heterocycles. The molecule has 60 valence electrons. The molecule has 1 aliphatic rings. The number of hydrogen-bond donors (Lipinski definition) is 2. The highest BCUT2D eigenvalue weighted by Crippen LogP contribution is 2.30. The summed E-state index contributed by atoms with van der Waals surface area (Å²) in [6.07, 6.45) is 3.26. The van der Waals surface area contributed by atoms with E-state index in [1.807, 2.05) is 0 Å². The number of rotatable bonds is 0. The van der Waals surface area contributed by atoms with E-state index in [4.69, 9.17) is 11.5 Å². The minimum Gasteiger partial charge on any atom is -0.328 e. The first-order valence-corrected chi connectivity index (χ1v) is 4.07. The Balaban J connectivity index is 2.52. The third-order valence-electron chi connectivity index (χ3n) is 2.84. The smallest absolute Gasteiger partial charge is 0.0152 e. The molecule has 0 aliphatic heterocycles. The van der Waals surface area contributed by atoms with Crippen molar-refractivity contribution >= 4 is 0 Å². The molecule has 0 heterocycles. The molecule has 4 N–H and O–H groups in total. The zero-order valence-corrected chi connectivity index (χ0v) is 6.93. The summed E-state index contributed by atoms with van der Waals surface area (Å²) in [6, 6.07) is 0.395. The van der Waals surface area contributed by atoms with Gasteiger partial charge in [-0.25, -0.2) is 0 Å². The van der Waals surface area contributed by atoms with E-state index in [1.165, 1.54) is 0 Å². The summed E-state index contributed by atoms with van der Waals surface area (Å²) in [6.45, 7) is 4.32. The Morgan fingerprint density at radius 3 is 2.50 bits per heavy atom. The Morgan fingerprint density at radius 2 is 2.10 bits per heavy atom. The van der Waals surface area contributed by atoms with Gasteiger partial charge in [-0.3, -0.25) is 0 Å². The van der Waals surface area contributed by atoms with Crippen molar-refractivity contribution in [3.63, 3.8) is 0 Å². The molecule has 2 heteroatoms. The van der Waals surface area contributed by atoms with E-state index in [0.29, 0.717) is 12.0 Å². The molecule has 1 rings (SSSR count). The lowest BCUT2D eigenvalue weighted by atomic mass is 9.74. The lowest BCUT2D eigenvalue weighted by molar-refractivity contribution is 0.206. The van der Waals surface area contributed by atoms with Crippen LogP contribution >= 0.6 is 0 Å². The molecular formula is C8H18N2. The van der Waals surface area contributed by atoms with Gasteiger partial charge in [-0.15, -0.1) is 0 Å². The average Bonchev–Trinajstić information content (AvgIpc) is 1.81. The van der Waals surface area contributed by atoms with E-state index in [-0.39, 0.29) is 5.54 Å². The summed E-state index contributed by atoms with van der Waals surface area (Å²) >= 11 is 0. The van der Waals surface area contributed by atoms with Gasteiger partial charge in [0.25, 0.3) is 0 Å². The first kappa shape index (κ1) is 8.02. The average molecular weight is 142 g/mol. The van der Waals surface area contributed by atoms with Crippen molar-refractivity contribution in [1.82, 2.24) is 0 Å². The van der Waals surface area contributed by atoms with Crippen molar-refractivity contribution in [2.24, 2.45) is 17.4 Å². The molecule has 1 unspecified atom stereocenters. The fourth-order valence-electron chi connectivity index (χ4n) is 1.58. The number of nitrogens with two attached hydrogens (primary N) is 2. The van der Waals surface area contributed by atoms with Crippen LogP contribution in [0.15, 0.2) is 0 Å². The SMILES string of the molecule is C[C@H]1C[C@H](N)CCC1(C)N. The molecule has 1 aliphatic carbocycles. The molecule has 3 atom stereocenters. The van der Waals surface area contributed by atoms with Gasteiger partial charge in [0, 0.05) is 11.6 Å². The third-order valence-corrected chi connectivity index (χ3v) is 2.84. The van der Waals surface area contributed by atoms with Crippen LogP contribution in [0.1, 0.15) is 33.1 Å². The third kappa shape index (κ3) is 1.50. The molecular weight excluding hydrogens is 124 g/mol. The van der Waals surface area contributed by atoms with E-state index >= 15 is 0 Å². The van der Waals surface area contributed by atoms with Crippen LogP contribution in [0.4, 0.5) is 0 Å². The summed E-state index contributed by atoms with van der Waals surface area (Å²) in [5.74, 6) is 0.580. The highest BCUT2D eigenvalue weighted by molar-refractivity contribution is 4.91. The van der Waals surface area contributed by atoms with Crippen LogP contribution in [0.5, 0.6) is 0 Å². The Hall–Kier alpha value is -0.0800. The molecule has 0 amide bonds. The van der Waals surface area contributed by atoms with Crippen molar-refractivity contribution in [2.75, 3.05) is 0 Å². The van der Waals surface area contributed by atoms with E-state index in [0.717, 1.165) is 19.3 Å². The van der Waals surface area contributed by atoms with E-state index < -0.39 is 0 Å². The molecule has 10 heavy (non-hydrogen) atoms. The lowest BCUT2D eigenvalue weighted by Crippen LogP contribution is -2.49. The van der Waals surface area contributed by atoms with Gasteiger partial charge in [-0.2, -0.15) is 0 Å². The molecule has 0 aromatic heterocycles. The van der Waals surface area contributed by atoms with Crippen molar-refractivity contribution in [3.05, 3.63) is 0 Å². The lowest BCUT2D eigenvalue weighted by Gasteiger charge is -2.38. The second-order valence-electron chi connectivity index (χ2n) is 3.94. The topological polar surface area (TPSA) is 52.0 Å². The summed E-state index contributed by atoms with van der Waals surface area (Å²) in [5.41, 5.74) is 11.9. The Labute approximate surface area is 63.0 Å². The maximum atomic E-state index is 6.03. The van der Waals surface area contributed by atoms with Gasteiger partial charge in [0.2, 0.25) is 0 Å². The molecule has 0 aromatic rings. The van der Waals surface area contributed by atoms with Crippen LogP contribution in [0.3, 0.4) is 0 Å². The van der Waals surface area contributed by atoms with E-state index in [9.17, 15) is 0 Å². The fourth-order valence-corrected chi connectivity index (χ4v) is 1.58. The van der Waals surface area contributed by atoms with E-state index in [2.05, 4.69) is 13.8 Å². The molecule has 1 saturated carbocycles. The Morgan fingerprint density at radius 1 is 1.50 bits per heavy atom. The molecule has 1 fully saturated rings. The summed E-state index contributed by atoms with van der Waals surface area (Å²) in [7, 11) is 0. The predicted octanol–water partition coefficient (Wildman–Crippen LogP) is 0.851. The van der Waals surface area contributed by atoms with Crippen molar-refractivity contribution in [1.29, 1.82) is 0 Å². The van der Waals surface area contributed by atoms with Crippen LogP contribution in [-0.2, 0) is 0 Å². The summed E-state index contributed by atoms with van der Waals surface area (Å²) in [5, 5.41) is 0. The molecule has 0 aromatic carbocycles. The van der Waals surface area contributed by atoms with Crippen LogP contribution in [0.2, 0.25) is 0 Å². The largest absolute Gasteiger partial charge is 0.328 e. The molecule has 0 spiro atoms. The Kier molecular flexibility index (Phi) is 2.02. The normalized spacial score (nSPS) is 49.2. The maximum absolute atomic E-state index is 6.03. The quantitative estimate of drug-likeness (QED) is 0.527. The zero-order valence-electron chi connectivity index (χ0n) is 6.93. The van der Waals surface area contributed by atoms with Gasteiger partial charge < -0.3 is 11.5 Å². The van der Waals surface area contributed by atoms with Crippen LogP contribution in [0, 0.1) is 5.92 Å². The van der Waals surface area contributed by atoms with Crippen molar-refractivity contribution < 1.29 is 0 Å². The molecule has 2 nitrogen and oxygen atoms in total. The maximum Gasteiger partial charge on any atom is 0.0152 e. The molecule has 0 bridgehead atoms. The van der Waals surface area contributed by atoms with Gasteiger partial charge in [-0.05, 0) is 32.1 Å². The van der Waals surface area contributed by atoms with Crippen molar-refractivity contribution in [2.45, 2.75) is 44.7 Å². The summed E-state index contributed by atoms with van der Waals surface area (Å²) < 4.78 is 0. The predicted molar refractivity (Wildman–Crippen MR) is 43.6 cm³/mol. The zero-order chi connectivity index (χ0) is 7.78. The fraction of sp³-hybridized carbons (Fsp3) is 1.00. The second kappa shape index (κ2) is 2.51. The van der Waals surface area contributed by atoms with Gasteiger partial charge >= 0.3 is 0 Å². The Bertz CT molecular complexity index is 120. The van der Waals surface area contributed by atoms with Gasteiger partial charge in [0.15, 0.2) is 0 Å². The standard InChI is InChI=1S/C8H18N2/c1-6-5-7(9)3-4-8(6,2)10/h6-7H,3-5,9-10H2,1-2H3/t6-,7+,8?/m0/s1. The second-order valence-corrected chi connectivity index (χ2v) is 3.94. The van der Waals surface area contributed by atoms with Gasteiger partial charge in [0.05, 0.1) is 0 Å². The van der Waals surface area contributed by atoms with Crippen LogP contribution in [-0.4, -0.2) is 11.6 Å². The van der Waals surface area contributed by atoms with E-state index in [1.54, 1.807) is 0 Å². The van der Waals surface area contributed by atoms with Gasteiger partial charge in [0.1, 0.15) is 0 Å². The van der Waals surface area contributed by atoms with Crippen LogP contribution < -0.4 is 11.5 Å². The first-order valence-electron chi connectivity index (χ1n) is 4.07. The van der Waals surface area contributed by atoms with Gasteiger partial charge in [-0.1, -0.05) is 6.92 Å². The number of hydrogen-bond acceptors (Lipinski definition) is 2. The highest BCUT2D eigenvalue weighted by atomic mass is 14.8. The highest BCUT2D eigenvalue weighted by Gasteiger charge is 2.32. The monoisotopic (exact) mass is 142 g/mol.